The lowest BCUT2D eigenvalue weighted by atomic mass is 10.5. The van der Waals surface area contributed by atoms with Gasteiger partial charge in [-0.05, 0) is 6.92 Å². The molecule has 0 radical (unpaired) electrons. The van der Waals surface area contributed by atoms with Crippen LogP contribution in [0.2, 0.25) is 0 Å². The molecule has 0 saturated carbocycles. The maximum atomic E-state index is 11.6. The average molecular weight is 231 g/mol. The maximum absolute atomic E-state index is 11.6. The second kappa shape index (κ2) is 6.29. The highest BCUT2D eigenvalue weighted by Crippen LogP contribution is 1.95. The van der Waals surface area contributed by atoms with Crippen LogP contribution >= 0.6 is 0 Å². The molecule has 1 saturated heterocycles. The molecule has 7 heteroatoms. The number of carboxylic acids is 1. The van der Waals surface area contributed by atoms with Crippen LogP contribution in [-0.2, 0) is 9.53 Å². The molecule has 0 unspecified atom stereocenters. The van der Waals surface area contributed by atoms with Crippen LogP contribution < -0.4 is 5.43 Å². The number of hydrogen-bond donors (Lipinski definition) is 2. The van der Waals surface area contributed by atoms with E-state index in [2.05, 4.69) is 5.43 Å². The molecule has 1 heterocycles. The maximum Gasteiger partial charge on any atom is 0.332 e. The van der Waals surface area contributed by atoms with Gasteiger partial charge in [0.2, 0.25) is 0 Å². The summed E-state index contributed by atoms with van der Waals surface area (Å²) < 4.78 is 5.13. The van der Waals surface area contributed by atoms with E-state index in [0.717, 1.165) is 0 Å². The lowest BCUT2D eigenvalue weighted by Gasteiger charge is -2.29. The molecule has 0 bridgehead atoms. The normalized spacial score (nSPS) is 16.8. The fourth-order valence-corrected chi connectivity index (χ4v) is 1.37. The summed E-state index contributed by atoms with van der Waals surface area (Å²) in [5.74, 6) is -1.01. The number of nitrogens with zero attached hydrogens (tertiary/aromatic N) is 2. The van der Waals surface area contributed by atoms with Gasteiger partial charge in [-0.1, -0.05) is 0 Å². The van der Waals surface area contributed by atoms with Crippen molar-refractivity contribution < 1.29 is 19.4 Å². The van der Waals surface area contributed by atoms with Gasteiger partial charge in [0.15, 0.2) is 0 Å². The van der Waals surface area contributed by atoms with Gasteiger partial charge >= 0.3 is 12.0 Å². The van der Waals surface area contributed by atoms with Crippen molar-refractivity contribution >= 4 is 12.0 Å². The molecule has 1 fully saturated rings. The van der Waals surface area contributed by atoms with Crippen LogP contribution in [0, 0.1) is 0 Å². The van der Waals surface area contributed by atoms with Crippen LogP contribution in [0.1, 0.15) is 6.92 Å². The monoisotopic (exact) mass is 231 g/mol. The van der Waals surface area contributed by atoms with E-state index in [0.29, 0.717) is 32.8 Å². The molecule has 0 atom stereocenters. The van der Waals surface area contributed by atoms with E-state index in [9.17, 15) is 9.59 Å². The lowest BCUT2D eigenvalue weighted by molar-refractivity contribution is -0.137. The largest absolute Gasteiger partial charge is 0.480 e. The highest BCUT2D eigenvalue weighted by atomic mass is 16.5. The van der Waals surface area contributed by atoms with Gasteiger partial charge in [-0.3, -0.25) is 10.2 Å². The summed E-state index contributed by atoms with van der Waals surface area (Å²) in [4.78, 5) is 23.4. The van der Waals surface area contributed by atoms with Crippen molar-refractivity contribution in [2.75, 3.05) is 39.4 Å². The molecule has 2 N–H and O–H groups in total. The number of rotatable bonds is 4. The molecule has 0 aliphatic carbocycles. The summed E-state index contributed by atoms with van der Waals surface area (Å²) in [5.41, 5.74) is 2.65. The number of morpholine rings is 1. The number of carboxylic acid groups (broad SMARTS) is 1. The smallest absolute Gasteiger partial charge is 0.332 e. The number of nitrogens with one attached hydrogen (secondary N) is 1. The summed E-state index contributed by atoms with van der Waals surface area (Å²) >= 11 is 0. The number of amides is 2. The minimum absolute atomic E-state index is 0.285. The van der Waals surface area contributed by atoms with Gasteiger partial charge < -0.3 is 14.7 Å². The summed E-state index contributed by atoms with van der Waals surface area (Å²) in [5, 5.41) is 10.3. The first-order chi connectivity index (χ1) is 7.63. The van der Waals surface area contributed by atoms with E-state index in [1.807, 2.05) is 0 Å². The molecular formula is C9H17N3O4. The van der Waals surface area contributed by atoms with Crippen LogP contribution in [-0.4, -0.2) is 66.4 Å². The minimum atomic E-state index is -1.01. The molecule has 1 aliphatic heterocycles. The minimum Gasteiger partial charge on any atom is -0.480 e. The molecule has 2 amide bonds. The Labute approximate surface area is 93.9 Å². The van der Waals surface area contributed by atoms with Gasteiger partial charge in [0, 0.05) is 19.6 Å². The fraction of sp³-hybridized carbons (Fsp3) is 0.778. The van der Waals surface area contributed by atoms with Gasteiger partial charge in [0.05, 0.1) is 13.2 Å². The highest BCUT2D eigenvalue weighted by molar-refractivity contribution is 5.79. The lowest BCUT2D eigenvalue weighted by Crippen LogP contribution is -2.53. The fourth-order valence-electron chi connectivity index (χ4n) is 1.37. The molecule has 16 heavy (non-hydrogen) atoms. The Balaban J connectivity index is 2.38. The third kappa shape index (κ3) is 4.03. The Kier molecular flexibility index (Phi) is 5.00. The van der Waals surface area contributed by atoms with E-state index in [1.165, 1.54) is 4.90 Å². The Hall–Kier alpha value is -1.34. The first-order valence-corrected chi connectivity index (χ1v) is 5.23. The number of hydrazine groups is 1. The van der Waals surface area contributed by atoms with Crippen LogP contribution in [0.25, 0.3) is 0 Å². The van der Waals surface area contributed by atoms with E-state index < -0.39 is 5.97 Å². The van der Waals surface area contributed by atoms with Crippen molar-refractivity contribution in [3.8, 4) is 0 Å². The molecule has 0 aromatic rings. The van der Waals surface area contributed by atoms with Crippen molar-refractivity contribution in [2.24, 2.45) is 0 Å². The Morgan fingerprint density at radius 2 is 2.06 bits per heavy atom. The first-order valence-electron chi connectivity index (χ1n) is 5.23. The number of aliphatic carboxylic acids is 1. The van der Waals surface area contributed by atoms with Crippen molar-refractivity contribution in [3.05, 3.63) is 0 Å². The van der Waals surface area contributed by atoms with E-state index in [4.69, 9.17) is 9.84 Å². The van der Waals surface area contributed by atoms with Crippen LogP contribution in [0.5, 0.6) is 0 Å². The molecular weight excluding hydrogens is 214 g/mol. The van der Waals surface area contributed by atoms with E-state index in [1.54, 1.807) is 11.9 Å². The molecule has 0 aromatic heterocycles. The third-order valence-electron chi connectivity index (χ3n) is 2.26. The Morgan fingerprint density at radius 1 is 1.44 bits per heavy atom. The standard InChI is InChI=1S/C9H17N3O4/c1-2-11(7-8(13)14)9(15)10-12-3-5-16-6-4-12/h2-7H2,1H3,(H,10,15)(H,13,14). The van der Waals surface area contributed by atoms with Gasteiger partial charge in [-0.25, -0.2) is 9.80 Å². The van der Waals surface area contributed by atoms with E-state index in [-0.39, 0.29) is 12.6 Å². The summed E-state index contributed by atoms with van der Waals surface area (Å²) in [7, 11) is 0. The van der Waals surface area contributed by atoms with Gasteiger partial charge in [0.25, 0.3) is 0 Å². The second-order valence-corrected chi connectivity index (χ2v) is 3.42. The van der Waals surface area contributed by atoms with Crippen LogP contribution in [0.3, 0.4) is 0 Å². The average Bonchev–Trinajstić information content (AvgIpc) is 2.26. The highest BCUT2D eigenvalue weighted by Gasteiger charge is 2.18. The zero-order valence-electron chi connectivity index (χ0n) is 9.31. The first kappa shape index (κ1) is 12.7. The molecule has 92 valence electrons. The second-order valence-electron chi connectivity index (χ2n) is 3.42. The Bertz CT molecular complexity index is 253. The number of likely N-dealkylation sites (N-methyl/N-ethyl adjacent to an activating group) is 1. The molecule has 7 nitrogen and oxygen atoms in total. The third-order valence-corrected chi connectivity index (χ3v) is 2.26. The van der Waals surface area contributed by atoms with Crippen molar-refractivity contribution in [1.82, 2.24) is 15.3 Å². The number of hydrogen-bond acceptors (Lipinski definition) is 4. The van der Waals surface area contributed by atoms with Gasteiger partial charge in [-0.15, -0.1) is 0 Å². The predicted octanol–water partition coefficient (Wildman–Crippen LogP) is -0.650. The summed E-state index contributed by atoms with van der Waals surface area (Å²) in [6, 6.07) is -0.383. The van der Waals surface area contributed by atoms with Gasteiger partial charge in [0.1, 0.15) is 6.54 Å². The zero-order valence-corrected chi connectivity index (χ0v) is 9.31. The number of ether oxygens (including phenoxy) is 1. The molecule has 0 spiro atoms. The van der Waals surface area contributed by atoms with Crippen molar-refractivity contribution in [2.45, 2.75) is 6.92 Å². The molecule has 0 aromatic carbocycles. The van der Waals surface area contributed by atoms with Crippen LogP contribution in [0.15, 0.2) is 0 Å². The number of carbonyl (C=O) groups is 2. The number of urea groups is 1. The van der Waals surface area contributed by atoms with Crippen LogP contribution in [0.4, 0.5) is 4.79 Å². The summed E-state index contributed by atoms with van der Waals surface area (Å²) in [6.45, 7) is 4.21. The zero-order chi connectivity index (χ0) is 12.0. The Morgan fingerprint density at radius 3 is 2.56 bits per heavy atom. The summed E-state index contributed by atoms with van der Waals surface area (Å²) in [6.07, 6.45) is 0. The quantitative estimate of drug-likeness (QED) is 0.672. The number of carbonyl (C=O) groups excluding carboxylic acids is 1. The molecule has 1 rings (SSSR count). The topological polar surface area (TPSA) is 82.1 Å². The van der Waals surface area contributed by atoms with Crippen molar-refractivity contribution in [1.29, 1.82) is 0 Å². The predicted molar refractivity (Wildman–Crippen MR) is 55.8 cm³/mol. The SMILES string of the molecule is CCN(CC(=O)O)C(=O)NN1CCOCC1. The van der Waals surface area contributed by atoms with Crippen molar-refractivity contribution in [3.63, 3.8) is 0 Å². The van der Waals surface area contributed by atoms with E-state index >= 15 is 0 Å². The molecule has 1 aliphatic rings. The van der Waals surface area contributed by atoms with Gasteiger partial charge in [-0.2, -0.15) is 0 Å².